The first-order valence-corrected chi connectivity index (χ1v) is 15.0. The SMILES string of the molecule is CC(C)c1cnc(C(=O)N[C@H]2CN(C(=O)OC(C)(C)C)C[C@@H]2F)c2cnc(Nc3ccnc(N4CC[C@@H](O)[C@@](C)(F)C4)n3)cc12. The third kappa shape index (κ3) is 7.21. The van der Waals surface area contributed by atoms with Crippen LogP contribution in [0.4, 0.5) is 31.2 Å². The van der Waals surface area contributed by atoms with Crippen LogP contribution in [0.3, 0.4) is 0 Å². The maximum absolute atomic E-state index is 14.9. The predicted molar refractivity (Wildman–Crippen MR) is 165 cm³/mol. The highest BCUT2D eigenvalue weighted by Gasteiger charge is 2.40. The summed E-state index contributed by atoms with van der Waals surface area (Å²) in [5.41, 5.74) is -1.54. The van der Waals surface area contributed by atoms with E-state index in [1.807, 2.05) is 13.8 Å². The van der Waals surface area contributed by atoms with Crippen LogP contribution in [0.15, 0.2) is 30.7 Å². The number of carbonyl (C=O) groups excluding carboxylic acids is 2. The number of fused-ring (bicyclic) bond motifs is 1. The quantitative estimate of drug-likeness (QED) is 0.363. The van der Waals surface area contributed by atoms with Crippen molar-refractivity contribution in [2.75, 3.05) is 36.4 Å². The number of aliphatic hydroxyl groups excluding tert-OH is 1. The summed E-state index contributed by atoms with van der Waals surface area (Å²) in [6.07, 6.45) is 1.83. The van der Waals surface area contributed by atoms with E-state index < -0.39 is 41.6 Å². The van der Waals surface area contributed by atoms with Gasteiger partial charge in [0.25, 0.3) is 5.91 Å². The van der Waals surface area contributed by atoms with E-state index in [0.717, 1.165) is 10.9 Å². The van der Waals surface area contributed by atoms with Gasteiger partial charge in [-0.25, -0.2) is 23.5 Å². The summed E-state index contributed by atoms with van der Waals surface area (Å²) < 4.78 is 35.0. The largest absolute Gasteiger partial charge is 0.444 e. The summed E-state index contributed by atoms with van der Waals surface area (Å²) in [5, 5.41) is 17.1. The van der Waals surface area contributed by atoms with E-state index >= 15 is 0 Å². The number of halogens is 2. The Morgan fingerprint density at radius 3 is 2.58 bits per heavy atom. The van der Waals surface area contributed by atoms with Crippen molar-refractivity contribution in [2.24, 2.45) is 0 Å². The van der Waals surface area contributed by atoms with E-state index in [0.29, 0.717) is 29.5 Å². The molecule has 3 N–H and O–H groups in total. The number of nitrogens with zero attached hydrogens (tertiary/aromatic N) is 6. The van der Waals surface area contributed by atoms with Gasteiger partial charge in [0.05, 0.1) is 25.2 Å². The first kappa shape index (κ1) is 32.2. The number of ether oxygens (including phenoxy) is 1. The van der Waals surface area contributed by atoms with Crippen molar-refractivity contribution in [3.8, 4) is 0 Å². The highest BCUT2D eigenvalue weighted by atomic mass is 19.1. The molecule has 45 heavy (non-hydrogen) atoms. The summed E-state index contributed by atoms with van der Waals surface area (Å²) in [6, 6.07) is 2.53. The molecule has 5 rings (SSSR count). The van der Waals surface area contributed by atoms with Gasteiger partial charge in [0, 0.05) is 37.1 Å². The minimum atomic E-state index is -1.78. The molecule has 5 heterocycles. The second-order valence-electron chi connectivity index (χ2n) is 13.2. The molecule has 0 radical (unpaired) electrons. The Hall–Kier alpha value is -4.20. The van der Waals surface area contributed by atoms with Crippen molar-refractivity contribution in [2.45, 2.75) is 83.5 Å². The monoisotopic (exact) mass is 626 g/mol. The predicted octanol–water partition coefficient (Wildman–Crippen LogP) is 4.27. The number of likely N-dealkylation sites (tertiary alicyclic amines) is 1. The molecule has 0 saturated carbocycles. The third-order valence-corrected chi connectivity index (χ3v) is 7.91. The summed E-state index contributed by atoms with van der Waals surface area (Å²) in [5.74, 6) is 0.689. The number of aliphatic hydroxyl groups is 1. The number of nitrogens with one attached hydrogen (secondary N) is 2. The molecule has 14 heteroatoms. The van der Waals surface area contributed by atoms with E-state index in [9.17, 15) is 23.5 Å². The number of pyridine rings is 2. The molecule has 2 aliphatic heterocycles. The lowest BCUT2D eigenvalue weighted by molar-refractivity contribution is -0.00860. The standard InChI is InChI=1S/C31H40F2N8O4/c1-17(2)19-12-36-26(27(43)37-22-15-41(14-21(22)32)29(44)45-30(3,4)5)20-13-35-25(11-18(19)20)38-24-7-9-34-28(39-24)40-10-8-23(42)31(6,33)16-40/h7,9,11-13,17,21-23,42H,8,10,14-16H2,1-6H3,(H,37,43)(H,34,35,38,39)/t21-,22-,23+,31-/m0/s1. The molecule has 12 nitrogen and oxygen atoms in total. The van der Waals surface area contributed by atoms with Crippen LogP contribution in [0.2, 0.25) is 0 Å². The van der Waals surface area contributed by atoms with Gasteiger partial charge in [-0.3, -0.25) is 9.78 Å². The molecule has 2 fully saturated rings. The van der Waals surface area contributed by atoms with Gasteiger partial charge in [-0.1, -0.05) is 13.8 Å². The Balaban J connectivity index is 1.35. The van der Waals surface area contributed by atoms with Crippen molar-refractivity contribution in [1.82, 2.24) is 30.2 Å². The number of amides is 2. The Bertz CT molecular complexity index is 1580. The van der Waals surface area contributed by atoms with Crippen LogP contribution in [0.25, 0.3) is 10.8 Å². The number of carbonyl (C=O) groups is 2. The average Bonchev–Trinajstić information content (AvgIpc) is 3.32. The van der Waals surface area contributed by atoms with E-state index in [2.05, 4.69) is 30.6 Å². The molecule has 3 aromatic heterocycles. The molecule has 0 spiro atoms. The van der Waals surface area contributed by atoms with Gasteiger partial charge in [-0.05, 0) is 63.1 Å². The maximum atomic E-state index is 14.9. The summed E-state index contributed by atoms with van der Waals surface area (Å²) in [7, 11) is 0. The summed E-state index contributed by atoms with van der Waals surface area (Å²) in [4.78, 5) is 46.5. The number of aromatic nitrogens is 4. The minimum absolute atomic E-state index is 0.0281. The molecule has 0 bridgehead atoms. The van der Waals surface area contributed by atoms with Gasteiger partial charge >= 0.3 is 6.09 Å². The van der Waals surface area contributed by atoms with Crippen molar-refractivity contribution >= 4 is 40.4 Å². The third-order valence-electron chi connectivity index (χ3n) is 7.91. The fraction of sp³-hybridized carbons (Fsp3) is 0.548. The number of hydrogen-bond acceptors (Lipinski definition) is 10. The maximum Gasteiger partial charge on any atom is 0.410 e. The molecular weight excluding hydrogens is 586 g/mol. The molecule has 4 atom stereocenters. The normalized spacial score (nSPS) is 23.8. The van der Waals surface area contributed by atoms with E-state index in [-0.39, 0.29) is 37.7 Å². The summed E-state index contributed by atoms with van der Waals surface area (Å²) >= 11 is 0. The molecule has 2 amide bonds. The molecule has 2 aliphatic rings. The zero-order valence-corrected chi connectivity index (χ0v) is 26.3. The van der Waals surface area contributed by atoms with Gasteiger partial charge in [-0.2, -0.15) is 4.98 Å². The Labute approximate surface area is 260 Å². The second-order valence-corrected chi connectivity index (χ2v) is 13.2. The van der Waals surface area contributed by atoms with Crippen molar-refractivity contribution in [3.05, 3.63) is 42.0 Å². The zero-order chi connectivity index (χ0) is 32.7. The van der Waals surface area contributed by atoms with Gasteiger partial charge in [0.15, 0.2) is 5.67 Å². The van der Waals surface area contributed by atoms with E-state index in [4.69, 9.17) is 4.74 Å². The molecule has 242 valence electrons. The smallest absolute Gasteiger partial charge is 0.410 e. The van der Waals surface area contributed by atoms with E-state index in [1.54, 1.807) is 50.2 Å². The summed E-state index contributed by atoms with van der Waals surface area (Å²) in [6.45, 7) is 10.7. The highest BCUT2D eigenvalue weighted by Crippen LogP contribution is 2.31. The van der Waals surface area contributed by atoms with Gasteiger partial charge < -0.3 is 30.3 Å². The Morgan fingerprint density at radius 1 is 1.13 bits per heavy atom. The number of anilines is 3. The molecule has 3 aromatic rings. The lowest BCUT2D eigenvalue weighted by Gasteiger charge is -2.38. The van der Waals surface area contributed by atoms with E-state index in [1.165, 1.54) is 18.0 Å². The number of hydrogen-bond donors (Lipinski definition) is 3. The van der Waals surface area contributed by atoms with Crippen molar-refractivity contribution < 1.29 is 28.2 Å². The van der Waals surface area contributed by atoms with Crippen LogP contribution in [0.1, 0.15) is 69.9 Å². The fourth-order valence-corrected chi connectivity index (χ4v) is 5.49. The highest BCUT2D eigenvalue weighted by molar-refractivity contribution is 6.06. The van der Waals surface area contributed by atoms with Gasteiger partial charge in [-0.15, -0.1) is 0 Å². The average molecular weight is 627 g/mol. The number of alkyl halides is 2. The Kier molecular flexibility index (Phi) is 8.80. The van der Waals surface area contributed by atoms with Crippen LogP contribution in [0, 0.1) is 0 Å². The fourth-order valence-electron chi connectivity index (χ4n) is 5.49. The second kappa shape index (κ2) is 12.3. The molecule has 0 aromatic carbocycles. The molecular formula is C31H40F2N8O4. The Morgan fingerprint density at radius 2 is 1.89 bits per heavy atom. The van der Waals surface area contributed by atoms with Crippen LogP contribution in [-0.4, -0.2) is 97.7 Å². The molecule has 0 unspecified atom stereocenters. The minimum Gasteiger partial charge on any atom is -0.444 e. The lowest BCUT2D eigenvalue weighted by Crippen LogP contribution is -2.52. The van der Waals surface area contributed by atoms with Crippen LogP contribution in [0.5, 0.6) is 0 Å². The van der Waals surface area contributed by atoms with Crippen molar-refractivity contribution in [1.29, 1.82) is 0 Å². The lowest BCUT2D eigenvalue weighted by atomic mass is 9.94. The number of piperidine rings is 1. The van der Waals surface area contributed by atoms with Crippen molar-refractivity contribution in [3.63, 3.8) is 0 Å². The van der Waals surface area contributed by atoms with Crippen LogP contribution in [-0.2, 0) is 4.74 Å². The molecule has 2 saturated heterocycles. The van der Waals surface area contributed by atoms with Crippen LogP contribution < -0.4 is 15.5 Å². The van der Waals surface area contributed by atoms with Gasteiger partial charge in [0.2, 0.25) is 5.95 Å². The zero-order valence-electron chi connectivity index (χ0n) is 26.3. The first-order chi connectivity index (χ1) is 21.1. The first-order valence-electron chi connectivity index (χ1n) is 15.0. The van der Waals surface area contributed by atoms with Gasteiger partial charge in [0.1, 0.15) is 29.1 Å². The van der Waals surface area contributed by atoms with Crippen LogP contribution >= 0.6 is 0 Å². The molecule has 0 aliphatic carbocycles. The topological polar surface area (TPSA) is 146 Å². The number of rotatable bonds is 6.